The summed E-state index contributed by atoms with van der Waals surface area (Å²) in [4.78, 5) is 13.0. The van der Waals surface area contributed by atoms with Crippen LogP contribution < -0.4 is 15.0 Å². The van der Waals surface area contributed by atoms with Crippen molar-refractivity contribution >= 4 is 11.6 Å². The maximum Gasteiger partial charge on any atom is 0.275 e. The molecule has 6 heteroatoms. The summed E-state index contributed by atoms with van der Waals surface area (Å²) in [5.74, 6) is 1.35. The third kappa shape index (κ3) is 3.08. The fourth-order valence-corrected chi connectivity index (χ4v) is 3.75. The Kier molecular flexibility index (Phi) is 4.62. The minimum atomic E-state index is -0.103. The van der Waals surface area contributed by atoms with Crippen LogP contribution in [0.25, 0.3) is 16.9 Å². The first-order valence-electron chi connectivity index (χ1n) is 8.76. The number of nitrogens with zero attached hydrogens (tertiary/aromatic N) is 2. The zero-order valence-electron chi connectivity index (χ0n) is 15.2. The standard InChI is InChI=1S/C21H19ClN2O3/c1-26-14-10-13(11-15(12-14)27-2)20-16-6-5-7-17(16)21(25)24(23-20)19-9-4-3-8-18(19)22/h3-4,8-12H,5-7H2,1-2H3. The first-order valence-corrected chi connectivity index (χ1v) is 9.13. The summed E-state index contributed by atoms with van der Waals surface area (Å²) in [5.41, 5.74) is 3.90. The van der Waals surface area contributed by atoms with Crippen molar-refractivity contribution in [1.82, 2.24) is 9.78 Å². The van der Waals surface area contributed by atoms with Crippen LogP contribution in [0.3, 0.4) is 0 Å². The number of hydrogen-bond donors (Lipinski definition) is 0. The number of para-hydroxylation sites is 1. The van der Waals surface area contributed by atoms with Crippen LogP contribution in [0.1, 0.15) is 17.5 Å². The van der Waals surface area contributed by atoms with E-state index in [1.807, 2.05) is 30.3 Å². The van der Waals surface area contributed by atoms with E-state index >= 15 is 0 Å². The van der Waals surface area contributed by atoms with Crippen molar-refractivity contribution in [2.24, 2.45) is 0 Å². The fourth-order valence-electron chi connectivity index (χ4n) is 3.54. The van der Waals surface area contributed by atoms with E-state index in [1.54, 1.807) is 26.4 Å². The number of aromatic nitrogens is 2. The minimum absolute atomic E-state index is 0.103. The SMILES string of the molecule is COc1cc(OC)cc(-c2nn(-c3ccccc3Cl)c(=O)c3c2CCC3)c1. The summed E-state index contributed by atoms with van der Waals surface area (Å²) in [6, 6.07) is 12.9. The molecule has 1 aliphatic carbocycles. The second-order valence-corrected chi connectivity index (χ2v) is 6.84. The van der Waals surface area contributed by atoms with Crippen molar-refractivity contribution < 1.29 is 9.47 Å². The van der Waals surface area contributed by atoms with Crippen molar-refractivity contribution in [2.75, 3.05) is 14.2 Å². The molecule has 4 rings (SSSR count). The van der Waals surface area contributed by atoms with Gasteiger partial charge in [-0.15, -0.1) is 0 Å². The maximum atomic E-state index is 13.0. The predicted molar refractivity (Wildman–Crippen MR) is 105 cm³/mol. The Bertz CT molecular complexity index is 1050. The van der Waals surface area contributed by atoms with Gasteiger partial charge >= 0.3 is 0 Å². The summed E-state index contributed by atoms with van der Waals surface area (Å²) in [6.45, 7) is 0. The van der Waals surface area contributed by atoms with Gasteiger partial charge in [0, 0.05) is 17.2 Å². The molecule has 2 aromatic carbocycles. The molecule has 0 atom stereocenters. The Morgan fingerprint density at radius 2 is 1.67 bits per heavy atom. The minimum Gasteiger partial charge on any atom is -0.497 e. The molecule has 138 valence electrons. The molecule has 0 amide bonds. The van der Waals surface area contributed by atoms with Gasteiger partial charge in [-0.2, -0.15) is 9.78 Å². The van der Waals surface area contributed by atoms with Gasteiger partial charge in [0.15, 0.2) is 0 Å². The maximum absolute atomic E-state index is 13.0. The highest BCUT2D eigenvalue weighted by atomic mass is 35.5. The molecule has 27 heavy (non-hydrogen) atoms. The average Bonchev–Trinajstić information content (AvgIpc) is 3.19. The molecule has 3 aromatic rings. The van der Waals surface area contributed by atoms with Crippen molar-refractivity contribution in [2.45, 2.75) is 19.3 Å². The Balaban J connectivity index is 2.00. The zero-order chi connectivity index (χ0) is 19.0. The van der Waals surface area contributed by atoms with E-state index in [0.717, 1.165) is 41.6 Å². The smallest absolute Gasteiger partial charge is 0.275 e. The van der Waals surface area contributed by atoms with Crippen LogP contribution in [0, 0.1) is 0 Å². The van der Waals surface area contributed by atoms with E-state index in [-0.39, 0.29) is 5.56 Å². The molecule has 0 N–H and O–H groups in total. The lowest BCUT2D eigenvalue weighted by Crippen LogP contribution is -2.26. The lowest BCUT2D eigenvalue weighted by Gasteiger charge is -2.15. The largest absolute Gasteiger partial charge is 0.497 e. The van der Waals surface area contributed by atoms with Crippen LogP contribution in [0.15, 0.2) is 47.3 Å². The molecule has 0 saturated carbocycles. The molecule has 0 fully saturated rings. The van der Waals surface area contributed by atoms with Gasteiger partial charge in [-0.25, -0.2) is 0 Å². The summed E-state index contributed by atoms with van der Waals surface area (Å²) < 4.78 is 12.2. The highest BCUT2D eigenvalue weighted by molar-refractivity contribution is 6.32. The summed E-state index contributed by atoms with van der Waals surface area (Å²) in [7, 11) is 3.22. The second kappa shape index (κ2) is 7.08. The third-order valence-electron chi connectivity index (χ3n) is 4.86. The number of halogens is 1. The van der Waals surface area contributed by atoms with Crippen LogP contribution >= 0.6 is 11.6 Å². The molecule has 0 radical (unpaired) electrons. The first-order chi connectivity index (χ1) is 13.1. The Morgan fingerprint density at radius 3 is 2.33 bits per heavy atom. The number of ether oxygens (including phenoxy) is 2. The molecular weight excluding hydrogens is 364 g/mol. The number of hydrogen-bond acceptors (Lipinski definition) is 4. The van der Waals surface area contributed by atoms with E-state index < -0.39 is 0 Å². The molecule has 0 aliphatic heterocycles. The zero-order valence-corrected chi connectivity index (χ0v) is 15.9. The molecule has 0 spiro atoms. The molecule has 0 unspecified atom stereocenters. The Hall–Kier alpha value is -2.79. The topological polar surface area (TPSA) is 53.4 Å². The third-order valence-corrected chi connectivity index (χ3v) is 5.18. The second-order valence-electron chi connectivity index (χ2n) is 6.43. The lowest BCUT2D eigenvalue weighted by atomic mass is 10.0. The van der Waals surface area contributed by atoms with Crippen LogP contribution in [-0.2, 0) is 12.8 Å². The van der Waals surface area contributed by atoms with E-state index in [1.165, 1.54) is 4.68 Å². The van der Waals surface area contributed by atoms with Crippen LogP contribution in [-0.4, -0.2) is 24.0 Å². The molecular formula is C21H19ClN2O3. The van der Waals surface area contributed by atoms with Crippen LogP contribution in [0.4, 0.5) is 0 Å². The van der Waals surface area contributed by atoms with E-state index in [4.69, 9.17) is 26.2 Å². The molecule has 1 heterocycles. The van der Waals surface area contributed by atoms with Gasteiger partial charge < -0.3 is 9.47 Å². The van der Waals surface area contributed by atoms with Gasteiger partial charge in [-0.05, 0) is 49.1 Å². The van der Waals surface area contributed by atoms with Gasteiger partial charge in [0.05, 0.1) is 30.6 Å². The number of rotatable bonds is 4. The number of methoxy groups -OCH3 is 2. The van der Waals surface area contributed by atoms with Crippen molar-refractivity contribution in [3.05, 3.63) is 69.0 Å². The first kappa shape index (κ1) is 17.6. The predicted octanol–water partition coefficient (Wildman–Crippen LogP) is 4.06. The molecule has 1 aromatic heterocycles. The molecule has 0 bridgehead atoms. The normalized spacial score (nSPS) is 12.7. The van der Waals surface area contributed by atoms with E-state index in [0.29, 0.717) is 22.2 Å². The van der Waals surface area contributed by atoms with Crippen molar-refractivity contribution in [3.63, 3.8) is 0 Å². The molecule has 0 saturated heterocycles. The Morgan fingerprint density at radius 1 is 1.00 bits per heavy atom. The number of benzene rings is 2. The average molecular weight is 383 g/mol. The van der Waals surface area contributed by atoms with E-state index in [9.17, 15) is 4.79 Å². The van der Waals surface area contributed by atoms with E-state index in [2.05, 4.69) is 0 Å². The van der Waals surface area contributed by atoms with Gasteiger partial charge in [-0.1, -0.05) is 23.7 Å². The number of fused-ring (bicyclic) bond motifs is 1. The highest BCUT2D eigenvalue weighted by Gasteiger charge is 2.24. The van der Waals surface area contributed by atoms with Crippen molar-refractivity contribution in [3.8, 4) is 28.4 Å². The van der Waals surface area contributed by atoms with Gasteiger partial charge in [0.1, 0.15) is 11.5 Å². The lowest BCUT2D eigenvalue weighted by molar-refractivity contribution is 0.394. The summed E-state index contributed by atoms with van der Waals surface area (Å²) in [5, 5.41) is 5.19. The van der Waals surface area contributed by atoms with Gasteiger partial charge in [0.25, 0.3) is 5.56 Å². The fraction of sp³-hybridized carbons (Fsp3) is 0.238. The highest BCUT2D eigenvalue weighted by Crippen LogP contribution is 2.34. The molecule has 5 nitrogen and oxygen atoms in total. The quantitative estimate of drug-likeness (QED) is 0.682. The monoisotopic (exact) mass is 382 g/mol. The summed E-state index contributed by atoms with van der Waals surface area (Å²) in [6.07, 6.45) is 2.51. The Labute approximate surface area is 162 Å². The van der Waals surface area contributed by atoms with Gasteiger partial charge in [-0.3, -0.25) is 4.79 Å². The van der Waals surface area contributed by atoms with Crippen LogP contribution in [0.2, 0.25) is 5.02 Å². The van der Waals surface area contributed by atoms with Crippen LogP contribution in [0.5, 0.6) is 11.5 Å². The summed E-state index contributed by atoms with van der Waals surface area (Å²) >= 11 is 6.34. The molecule has 1 aliphatic rings. The van der Waals surface area contributed by atoms with Crippen molar-refractivity contribution in [1.29, 1.82) is 0 Å². The van der Waals surface area contributed by atoms with Gasteiger partial charge in [0.2, 0.25) is 0 Å².